The number of hydrogen-bond donors (Lipinski definition) is 1. The number of hydrogen-bond acceptors (Lipinski definition) is 4. The predicted molar refractivity (Wildman–Crippen MR) is 105 cm³/mol. The molecule has 3 aromatic heterocycles. The van der Waals surface area contributed by atoms with Gasteiger partial charge in [-0.2, -0.15) is 4.39 Å². The number of rotatable bonds is 4. The van der Waals surface area contributed by atoms with Crippen molar-refractivity contribution in [2.75, 3.05) is 0 Å². The van der Waals surface area contributed by atoms with Gasteiger partial charge in [0.15, 0.2) is 0 Å². The van der Waals surface area contributed by atoms with Gasteiger partial charge < -0.3 is 4.98 Å². The first-order chi connectivity index (χ1) is 12.1. The van der Waals surface area contributed by atoms with Crippen LogP contribution in [0.4, 0.5) is 4.39 Å². The Morgan fingerprint density at radius 1 is 1.27 bits per heavy atom. The fourth-order valence-electron chi connectivity index (χ4n) is 3.14. The van der Waals surface area contributed by atoms with Crippen LogP contribution in [0.3, 0.4) is 0 Å². The topological polar surface area (TPSA) is 58.6 Å². The van der Waals surface area contributed by atoms with Crippen LogP contribution in [0.5, 0.6) is 0 Å². The van der Waals surface area contributed by atoms with Gasteiger partial charge in [-0.1, -0.05) is 34.6 Å². The van der Waals surface area contributed by atoms with Crippen LogP contribution in [0.15, 0.2) is 29.2 Å². The molecule has 138 valence electrons. The largest absolute Gasteiger partial charge is 0.309 e. The number of H-pyrrole nitrogens is 1. The minimum atomic E-state index is -0.535. The molecule has 1 N–H and O–H groups in total. The van der Waals surface area contributed by atoms with E-state index in [-0.39, 0.29) is 16.9 Å². The van der Waals surface area contributed by atoms with Gasteiger partial charge in [-0.15, -0.1) is 11.3 Å². The van der Waals surface area contributed by atoms with Crippen molar-refractivity contribution in [3.8, 4) is 10.4 Å². The van der Waals surface area contributed by atoms with Gasteiger partial charge in [0.2, 0.25) is 5.95 Å². The van der Waals surface area contributed by atoms with Gasteiger partial charge in [0.25, 0.3) is 5.56 Å². The van der Waals surface area contributed by atoms with E-state index in [0.29, 0.717) is 21.7 Å². The first kappa shape index (κ1) is 18.7. The van der Waals surface area contributed by atoms with E-state index < -0.39 is 5.95 Å². The Morgan fingerprint density at radius 3 is 2.62 bits per heavy atom. The molecule has 26 heavy (non-hydrogen) atoms. The van der Waals surface area contributed by atoms with Gasteiger partial charge in [-0.25, -0.2) is 9.97 Å². The average Bonchev–Trinajstić information content (AvgIpc) is 2.96. The van der Waals surface area contributed by atoms with Crippen LogP contribution in [0.2, 0.25) is 0 Å². The molecule has 0 fully saturated rings. The third-order valence-electron chi connectivity index (χ3n) is 4.40. The molecular formula is C20H24FN3OS. The molecule has 4 nitrogen and oxygen atoms in total. The van der Waals surface area contributed by atoms with E-state index in [4.69, 9.17) is 4.98 Å². The third kappa shape index (κ3) is 4.01. The van der Waals surface area contributed by atoms with Crippen LogP contribution in [-0.4, -0.2) is 15.0 Å². The summed E-state index contributed by atoms with van der Waals surface area (Å²) in [6, 6.07) is 4.97. The molecule has 3 rings (SSSR count). The molecule has 0 amide bonds. The first-order valence-electron chi connectivity index (χ1n) is 8.80. The summed E-state index contributed by atoms with van der Waals surface area (Å²) < 4.78 is 14.0. The third-order valence-corrected chi connectivity index (χ3v) is 5.57. The standard InChI is InChI=1S/C20H24FN3OS/c1-11(2)13(10-20(3,4)5)18-23-14-9-15(26-17(14)19(25)24-18)12-6-7-22-16(21)8-12/h6-9,11,13H,10H2,1-5H3,(H,23,24,25)/t13-/m0/s1. The molecule has 0 unspecified atom stereocenters. The van der Waals surface area contributed by atoms with Crippen molar-refractivity contribution in [3.63, 3.8) is 0 Å². The number of nitrogens with one attached hydrogen (secondary N) is 1. The second-order valence-electron chi connectivity index (χ2n) is 8.26. The van der Waals surface area contributed by atoms with Crippen LogP contribution < -0.4 is 5.56 Å². The van der Waals surface area contributed by atoms with E-state index in [1.165, 1.54) is 23.6 Å². The summed E-state index contributed by atoms with van der Waals surface area (Å²) in [5.74, 6) is 0.737. The quantitative estimate of drug-likeness (QED) is 0.626. The predicted octanol–water partition coefficient (Wildman–Crippen LogP) is 5.36. The van der Waals surface area contributed by atoms with Crippen molar-refractivity contribution in [2.24, 2.45) is 11.3 Å². The number of fused-ring (bicyclic) bond motifs is 1. The van der Waals surface area contributed by atoms with Gasteiger partial charge >= 0.3 is 0 Å². The molecule has 0 spiro atoms. The SMILES string of the molecule is CC(C)[C@H](CC(C)(C)C)c1nc2cc(-c3ccnc(F)c3)sc2c(=O)[nH]1. The summed E-state index contributed by atoms with van der Waals surface area (Å²) in [5.41, 5.74) is 1.38. The zero-order chi connectivity index (χ0) is 19.1. The Hall–Kier alpha value is -2.08. The fraction of sp³-hybridized carbons (Fsp3) is 0.450. The Morgan fingerprint density at radius 2 is 2.00 bits per heavy atom. The maximum atomic E-state index is 13.4. The number of halogens is 1. The number of pyridine rings is 1. The number of nitrogens with zero attached hydrogens (tertiary/aromatic N) is 2. The summed E-state index contributed by atoms with van der Waals surface area (Å²) in [6.45, 7) is 10.9. The molecule has 3 heterocycles. The zero-order valence-electron chi connectivity index (χ0n) is 15.8. The normalized spacial score (nSPS) is 13.5. The van der Waals surface area contributed by atoms with Crippen molar-refractivity contribution in [2.45, 2.75) is 47.0 Å². The smallest absolute Gasteiger partial charge is 0.268 e. The Balaban J connectivity index is 2.08. The highest BCUT2D eigenvalue weighted by molar-refractivity contribution is 7.22. The van der Waals surface area contributed by atoms with E-state index in [2.05, 4.69) is 44.6 Å². The number of aromatic nitrogens is 3. The van der Waals surface area contributed by atoms with Crippen molar-refractivity contribution < 1.29 is 4.39 Å². The fourth-order valence-corrected chi connectivity index (χ4v) is 4.13. The van der Waals surface area contributed by atoms with Gasteiger partial charge in [-0.3, -0.25) is 4.79 Å². The van der Waals surface area contributed by atoms with Crippen molar-refractivity contribution in [1.29, 1.82) is 0 Å². The first-order valence-corrected chi connectivity index (χ1v) is 9.61. The molecule has 0 bridgehead atoms. The molecule has 0 aliphatic rings. The van der Waals surface area contributed by atoms with Crippen LogP contribution >= 0.6 is 11.3 Å². The lowest BCUT2D eigenvalue weighted by Gasteiger charge is -2.28. The lowest BCUT2D eigenvalue weighted by molar-refractivity contribution is 0.293. The highest BCUT2D eigenvalue weighted by Gasteiger charge is 2.26. The molecule has 0 radical (unpaired) electrons. The maximum absolute atomic E-state index is 13.4. The molecule has 0 aromatic carbocycles. The van der Waals surface area contributed by atoms with Gasteiger partial charge in [-0.05, 0) is 35.4 Å². The minimum Gasteiger partial charge on any atom is -0.309 e. The minimum absolute atomic E-state index is 0.129. The summed E-state index contributed by atoms with van der Waals surface area (Å²) >= 11 is 1.33. The van der Waals surface area contributed by atoms with E-state index >= 15 is 0 Å². The maximum Gasteiger partial charge on any atom is 0.268 e. The van der Waals surface area contributed by atoms with Crippen LogP contribution in [0.25, 0.3) is 20.7 Å². The molecule has 0 saturated heterocycles. The molecule has 0 saturated carbocycles. The average molecular weight is 373 g/mol. The van der Waals surface area contributed by atoms with Crippen molar-refractivity contribution in [3.05, 3.63) is 46.5 Å². The van der Waals surface area contributed by atoms with Crippen LogP contribution in [0.1, 0.15) is 52.8 Å². The summed E-state index contributed by atoms with van der Waals surface area (Å²) in [6.07, 6.45) is 2.36. The molecular weight excluding hydrogens is 349 g/mol. The van der Waals surface area contributed by atoms with Crippen LogP contribution in [-0.2, 0) is 0 Å². The lowest BCUT2D eigenvalue weighted by Crippen LogP contribution is -2.21. The summed E-state index contributed by atoms with van der Waals surface area (Å²) in [5, 5.41) is 0. The second kappa shape index (κ2) is 6.91. The van der Waals surface area contributed by atoms with Gasteiger partial charge in [0.05, 0.1) is 5.52 Å². The van der Waals surface area contributed by atoms with Gasteiger partial charge in [0, 0.05) is 23.1 Å². The molecule has 3 aromatic rings. The highest BCUT2D eigenvalue weighted by Crippen LogP contribution is 2.36. The Kier molecular flexibility index (Phi) is 4.97. The summed E-state index contributed by atoms with van der Waals surface area (Å²) in [7, 11) is 0. The highest BCUT2D eigenvalue weighted by atomic mass is 32.1. The Bertz CT molecular complexity index is 985. The molecule has 0 aliphatic carbocycles. The van der Waals surface area contributed by atoms with E-state index in [9.17, 15) is 9.18 Å². The number of thiophene rings is 1. The van der Waals surface area contributed by atoms with E-state index in [0.717, 1.165) is 17.1 Å². The van der Waals surface area contributed by atoms with Crippen molar-refractivity contribution in [1.82, 2.24) is 15.0 Å². The van der Waals surface area contributed by atoms with Crippen LogP contribution in [0, 0.1) is 17.3 Å². The molecule has 6 heteroatoms. The van der Waals surface area contributed by atoms with E-state index in [1.54, 1.807) is 6.07 Å². The monoisotopic (exact) mass is 373 g/mol. The van der Waals surface area contributed by atoms with E-state index in [1.807, 2.05) is 6.07 Å². The number of aromatic amines is 1. The lowest BCUT2D eigenvalue weighted by atomic mass is 9.79. The van der Waals surface area contributed by atoms with Gasteiger partial charge in [0.1, 0.15) is 10.5 Å². The molecule has 1 atom stereocenters. The summed E-state index contributed by atoms with van der Waals surface area (Å²) in [4.78, 5) is 24.8. The Labute approximate surface area is 156 Å². The van der Waals surface area contributed by atoms with Crippen molar-refractivity contribution >= 4 is 21.6 Å². The zero-order valence-corrected chi connectivity index (χ0v) is 16.6. The molecule has 0 aliphatic heterocycles. The second-order valence-corrected chi connectivity index (χ2v) is 9.31.